The number of carbonyl (C=O) groups is 1. The van der Waals surface area contributed by atoms with Gasteiger partial charge in [0.15, 0.2) is 11.7 Å². The maximum absolute atomic E-state index is 12.3. The molecule has 1 aliphatic rings. The van der Waals surface area contributed by atoms with Crippen molar-refractivity contribution in [1.29, 1.82) is 0 Å². The second kappa shape index (κ2) is 10.6. The summed E-state index contributed by atoms with van der Waals surface area (Å²) in [4.78, 5) is 20.2. The molecule has 0 spiro atoms. The molecule has 0 bridgehead atoms. The minimum Gasteiger partial charge on any atom is -0.484 e. The molecule has 2 aromatic carbocycles. The highest BCUT2D eigenvalue weighted by atomic mass is 79.9. The molecule has 176 valence electrons. The highest BCUT2D eigenvalue weighted by Gasteiger charge is 2.41. The highest BCUT2D eigenvalue weighted by molar-refractivity contribution is 9.11. The predicted octanol–water partition coefficient (Wildman–Crippen LogP) is 6.10. The Hall–Kier alpha value is -3.27. The van der Waals surface area contributed by atoms with Crippen molar-refractivity contribution in [3.05, 3.63) is 105 Å². The number of nitrogens with one attached hydrogen (secondary N) is 2. The van der Waals surface area contributed by atoms with E-state index < -0.39 is 0 Å². The van der Waals surface area contributed by atoms with Gasteiger partial charge in [-0.05, 0) is 88.8 Å². The number of hydrogen-bond donors (Lipinski definition) is 2. The van der Waals surface area contributed by atoms with Gasteiger partial charge in [-0.25, -0.2) is 0 Å². The van der Waals surface area contributed by atoms with Crippen LogP contribution in [0.5, 0.6) is 5.75 Å². The lowest BCUT2D eigenvalue weighted by Gasteiger charge is -2.27. The Bertz CT molecular complexity index is 1320. The molecule has 2 atom stereocenters. The van der Waals surface area contributed by atoms with E-state index in [0.29, 0.717) is 16.5 Å². The number of benzene rings is 2. The SMILES string of the molecule is O=C(COc1ccccc1)Nc1ccc(N2C(=S)N[C@H](c3ccccn3)[C@H]2c2ccc(Br)s2)cc1. The van der Waals surface area contributed by atoms with Crippen LogP contribution in [0.1, 0.15) is 22.7 Å². The maximum atomic E-state index is 12.3. The molecule has 0 radical (unpaired) electrons. The van der Waals surface area contributed by atoms with Crippen molar-refractivity contribution >= 4 is 61.9 Å². The van der Waals surface area contributed by atoms with E-state index in [9.17, 15) is 4.79 Å². The molecule has 6 nitrogen and oxygen atoms in total. The average Bonchev–Trinajstić information content (AvgIpc) is 3.47. The summed E-state index contributed by atoms with van der Waals surface area (Å²) in [5.74, 6) is 0.429. The Kier molecular flexibility index (Phi) is 7.08. The van der Waals surface area contributed by atoms with Crippen LogP contribution >= 0.6 is 39.5 Å². The Labute approximate surface area is 221 Å². The number of rotatable bonds is 7. The summed E-state index contributed by atoms with van der Waals surface area (Å²) in [6.45, 7) is -0.0625. The number of carbonyl (C=O) groups excluding carboxylic acids is 1. The van der Waals surface area contributed by atoms with Crippen LogP contribution in [0.3, 0.4) is 0 Å². The first kappa shape index (κ1) is 23.5. The van der Waals surface area contributed by atoms with E-state index in [4.69, 9.17) is 17.0 Å². The Morgan fingerprint density at radius 2 is 1.83 bits per heavy atom. The number of halogens is 1. The highest BCUT2D eigenvalue weighted by Crippen LogP contribution is 2.44. The number of pyridine rings is 1. The Morgan fingerprint density at radius 1 is 1.06 bits per heavy atom. The molecule has 1 aliphatic heterocycles. The molecule has 2 N–H and O–H groups in total. The van der Waals surface area contributed by atoms with Gasteiger partial charge in [-0.2, -0.15) is 0 Å². The van der Waals surface area contributed by atoms with E-state index in [0.717, 1.165) is 20.0 Å². The van der Waals surface area contributed by atoms with Crippen molar-refractivity contribution in [2.75, 3.05) is 16.8 Å². The summed E-state index contributed by atoms with van der Waals surface area (Å²) in [5, 5.41) is 6.96. The van der Waals surface area contributed by atoms with Crippen molar-refractivity contribution < 1.29 is 9.53 Å². The number of thiophene rings is 1. The summed E-state index contributed by atoms with van der Waals surface area (Å²) in [7, 11) is 0. The number of aromatic nitrogens is 1. The third-order valence-corrected chi connectivity index (χ3v) is 7.53. The molecule has 2 aromatic heterocycles. The van der Waals surface area contributed by atoms with Crippen LogP contribution in [0, 0.1) is 0 Å². The first-order valence-electron chi connectivity index (χ1n) is 10.9. The zero-order valence-electron chi connectivity index (χ0n) is 18.4. The summed E-state index contributed by atoms with van der Waals surface area (Å²) >= 11 is 11.0. The number of para-hydroxylation sites is 1. The fourth-order valence-corrected chi connectivity index (χ4v) is 5.88. The van der Waals surface area contributed by atoms with Crippen LogP contribution in [0.15, 0.2) is 94.9 Å². The monoisotopic (exact) mass is 564 g/mol. The number of ether oxygens (including phenoxy) is 1. The number of hydrogen-bond acceptors (Lipinski definition) is 5. The molecule has 5 rings (SSSR count). The molecular formula is C26H21BrN4O2S2. The van der Waals surface area contributed by atoms with Gasteiger partial charge in [0.25, 0.3) is 5.91 Å². The molecule has 3 heterocycles. The van der Waals surface area contributed by atoms with E-state index >= 15 is 0 Å². The van der Waals surface area contributed by atoms with Gasteiger partial charge in [0.05, 0.1) is 21.6 Å². The number of amides is 1. The van der Waals surface area contributed by atoms with Crippen LogP contribution in [-0.2, 0) is 4.79 Å². The van der Waals surface area contributed by atoms with Crippen molar-refractivity contribution in [1.82, 2.24) is 10.3 Å². The molecule has 1 fully saturated rings. The average molecular weight is 566 g/mol. The molecule has 0 aliphatic carbocycles. The van der Waals surface area contributed by atoms with Gasteiger partial charge < -0.3 is 20.3 Å². The van der Waals surface area contributed by atoms with Crippen LogP contribution in [0.2, 0.25) is 0 Å². The minimum atomic E-state index is -0.225. The zero-order chi connectivity index (χ0) is 24.2. The van der Waals surface area contributed by atoms with Crippen LogP contribution < -0.4 is 20.3 Å². The number of thiocarbonyl (C=S) groups is 1. The molecule has 1 amide bonds. The smallest absolute Gasteiger partial charge is 0.262 e. The molecule has 0 unspecified atom stereocenters. The van der Waals surface area contributed by atoms with Crippen LogP contribution in [-0.4, -0.2) is 22.6 Å². The summed E-state index contributed by atoms with van der Waals surface area (Å²) in [6.07, 6.45) is 1.79. The lowest BCUT2D eigenvalue weighted by molar-refractivity contribution is -0.118. The van der Waals surface area contributed by atoms with E-state index in [-0.39, 0.29) is 24.6 Å². The summed E-state index contributed by atoms with van der Waals surface area (Å²) in [5.41, 5.74) is 2.54. The lowest BCUT2D eigenvalue weighted by Crippen LogP contribution is -2.29. The van der Waals surface area contributed by atoms with Crippen molar-refractivity contribution in [3.63, 3.8) is 0 Å². The molecule has 0 saturated carbocycles. The summed E-state index contributed by atoms with van der Waals surface area (Å²) in [6, 6.07) is 26.8. The van der Waals surface area contributed by atoms with Gasteiger partial charge >= 0.3 is 0 Å². The standard InChI is InChI=1S/C26H21BrN4O2S2/c27-22-14-13-21(35-22)25-24(20-8-4-5-15-28-20)30-26(34)31(25)18-11-9-17(10-12-18)29-23(32)16-33-19-6-2-1-3-7-19/h1-15,24-25H,16H2,(H,29,32)(H,30,34)/t24-,25-/m1/s1. The third-order valence-electron chi connectivity index (χ3n) is 5.53. The Balaban J connectivity index is 1.34. The molecule has 4 aromatic rings. The maximum Gasteiger partial charge on any atom is 0.262 e. The van der Waals surface area contributed by atoms with Crippen LogP contribution in [0.25, 0.3) is 0 Å². The zero-order valence-corrected chi connectivity index (χ0v) is 21.6. The largest absolute Gasteiger partial charge is 0.484 e. The van der Waals surface area contributed by atoms with Gasteiger partial charge in [0.1, 0.15) is 5.75 Å². The van der Waals surface area contributed by atoms with Gasteiger partial charge in [0.2, 0.25) is 0 Å². The molecule has 35 heavy (non-hydrogen) atoms. The van der Waals surface area contributed by atoms with Gasteiger partial charge in [0, 0.05) is 22.4 Å². The van der Waals surface area contributed by atoms with Gasteiger partial charge in [-0.3, -0.25) is 9.78 Å². The fourth-order valence-electron chi connectivity index (χ4n) is 3.98. The molecule has 1 saturated heterocycles. The van der Waals surface area contributed by atoms with Gasteiger partial charge in [-0.1, -0.05) is 24.3 Å². The van der Waals surface area contributed by atoms with Crippen molar-refractivity contribution in [2.45, 2.75) is 12.1 Å². The lowest BCUT2D eigenvalue weighted by atomic mass is 10.0. The molecule has 9 heteroatoms. The van der Waals surface area contributed by atoms with Crippen molar-refractivity contribution in [2.24, 2.45) is 0 Å². The second-order valence-corrected chi connectivity index (χ2v) is 10.7. The molecular weight excluding hydrogens is 544 g/mol. The normalized spacial score (nSPS) is 17.2. The predicted molar refractivity (Wildman–Crippen MR) is 147 cm³/mol. The third kappa shape index (κ3) is 5.37. The van der Waals surface area contributed by atoms with E-state index in [2.05, 4.69) is 42.5 Å². The number of nitrogens with zero attached hydrogens (tertiary/aromatic N) is 2. The summed E-state index contributed by atoms with van der Waals surface area (Å²) < 4.78 is 6.58. The van der Waals surface area contributed by atoms with Crippen molar-refractivity contribution in [3.8, 4) is 5.75 Å². The minimum absolute atomic E-state index is 0.0617. The Morgan fingerprint density at radius 3 is 2.51 bits per heavy atom. The van der Waals surface area contributed by atoms with E-state index in [1.54, 1.807) is 17.5 Å². The van der Waals surface area contributed by atoms with E-state index in [1.165, 1.54) is 0 Å². The second-order valence-electron chi connectivity index (χ2n) is 7.84. The van der Waals surface area contributed by atoms with Crippen LogP contribution in [0.4, 0.5) is 11.4 Å². The van der Waals surface area contributed by atoms with E-state index in [1.807, 2.05) is 78.9 Å². The quantitative estimate of drug-likeness (QED) is 0.264. The van der Waals surface area contributed by atoms with Gasteiger partial charge in [-0.15, -0.1) is 11.3 Å². The number of anilines is 2. The topological polar surface area (TPSA) is 66.5 Å². The fraction of sp³-hybridized carbons (Fsp3) is 0.115. The first-order chi connectivity index (χ1) is 17.1. The first-order valence-corrected chi connectivity index (χ1v) is 12.9.